The molecule has 0 aromatic heterocycles. The fraction of sp³-hybridized carbons (Fsp3) is 0.550. The lowest BCUT2D eigenvalue weighted by molar-refractivity contribution is -0.172. The molecule has 0 bridgehead atoms. The minimum absolute atomic E-state index is 0.0151. The summed E-state index contributed by atoms with van der Waals surface area (Å²) in [5.41, 5.74) is -1.09. The number of methoxy groups -OCH3 is 1. The van der Waals surface area contributed by atoms with Gasteiger partial charge in [-0.15, -0.1) is 0 Å². The van der Waals surface area contributed by atoms with Crippen molar-refractivity contribution in [1.29, 1.82) is 0 Å². The molecule has 0 unspecified atom stereocenters. The van der Waals surface area contributed by atoms with Crippen molar-refractivity contribution < 1.29 is 29.0 Å². The summed E-state index contributed by atoms with van der Waals surface area (Å²) in [7, 11) is 1.15. The number of hydrogen-bond donors (Lipinski definition) is 1. The smallest absolute Gasteiger partial charge is 0.416 e. The van der Waals surface area contributed by atoms with Gasteiger partial charge in [0.25, 0.3) is 0 Å². The molecule has 1 heterocycles. The number of cyclic esters (lactones) is 1. The SMILES string of the molecule is COC(=O)[C@@](C)(O)[C@@H](CC(C)C)C(=O)N1C(=O)OC[C@@H]1Cc1ccccc1. The summed E-state index contributed by atoms with van der Waals surface area (Å²) in [5.74, 6) is -2.63. The molecule has 3 atom stereocenters. The highest BCUT2D eigenvalue weighted by molar-refractivity contribution is 5.98. The van der Waals surface area contributed by atoms with Gasteiger partial charge in [-0.1, -0.05) is 44.2 Å². The highest BCUT2D eigenvalue weighted by Crippen LogP contribution is 2.30. The quantitative estimate of drug-likeness (QED) is 0.732. The average molecular weight is 377 g/mol. The van der Waals surface area contributed by atoms with Crippen molar-refractivity contribution in [3.63, 3.8) is 0 Å². The summed E-state index contributed by atoms with van der Waals surface area (Å²) >= 11 is 0. The summed E-state index contributed by atoms with van der Waals surface area (Å²) in [4.78, 5) is 38.6. The van der Waals surface area contributed by atoms with Crippen molar-refractivity contribution in [2.24, 2.45) is 11.8 Å². The van der Waals surface area contributed by atoms with Gasteiger partial charge in [-0.25, -0.2) is 14.5 Å². The normalized spacial score (nSPS) is 20.1. The Morgan fingerprint density at radius 2 is 1.96 bits per heavy atom. The van der Waals surface area contributed by atoms with Crippen LogP contribution in [0.3, 0.4) is 0 Å². The first-order chi connectivity index (χ1) is 12.7. The summed E-state index contributed by atoms with van der Waals surface area (Å²) < 4.78 is 9.76. The van der Waals surface area contributed by atoms with Gasteiger partial charge in [0.1, 0.15) is 6.61 Å². The Balaban J connectivity index is 2.30. The molecule has 148 valence electrons. The first-order valence-electron chi connectivity index (χ1n) is 9.03. The van der Waals surface area contributed by atoms with Crippen LogP contribution in [-0.4, -0.2) is 53.3 Å². The molecular formula is C20H27NO6. The van der Waals surface area contributed by atoms with E-state index in [0.717, 1.165) is 17.6 Å². The fourth-order valence-electron chi connectivity index (χ4n) is 3.33. The fourth-order valence-corrected chi connectivity index (χ4v) is 3.33. The predicted molar refractivity (Wildman–Crippen MR) is 97.7 cm³/mol. The van der Waals surface area contributed by atoms with E-state index in [2.05, 4.69) is 4.74 Å². The Labute approximate surface area is 159 Å². The maximum Gasteiger partial charge on any atom is 0.416 e. The van der Waals surface area contributed by atoms with Crippen LogP contribution in [0, 0.1) is 11.8 Å². The third-order valence-corrected chi connectivity index (χ3v) is 4.80. The van der Waals surface area contributed by atoms with E-state index in [4.69, 9.17) is 4.74 Å². The zero-order valence-electron chi connectivity index (χ0n) is 16.2. The number of nitrogens with zero attached hydrogens (tertiary/aromatic N) is 1. The topological polar surface area (TPSA) is 93.1 Å². The number of amides is 2. The van der Waals surface area contributed by atoms with E-state index in [1.54, 1.807) is 0 Å². The number of esters is 1. The molecule has 0 aliphatic carbocycles. The van der Waals surface area contributed by atoms with Crippen LogP contribution >= 0.6 is 0 Å². The second kappa shape index (κ2) is 8.52. The highest BCUT2D eigenvalue weighted by atomic mass is 16.6. The van der Waals surface area contributed by atoms with E-state index in [1.165, 1.54) is 6.92 Å². The predicted octanol–water partition coefficient (Wildman–Crippen LogP) is 2.16. The lowest BCUT2D eigenvalue weighted by Crippen LogP contribution is -2.54. The van der Waals surface area contributed by atoms with Crippen molar-refractivity contribution in [2.45, 2.75) is 45.3 Å². The number of benzene rings is 1. The second-order valence-electron chi connectivity index (χ2n) is 7.45. The molecule has 1 aliphatic rings. The lowest BCUT2D eigenvalue weighted by atomic mass is 9.81. The third kappa shape index (κ3) is 4.66. The summed E-state index contributed by atoms with van der Waals surface area (Å²) in [6.45, 7) is 5.07. The van der Waals surface area contributed by atoms with Gasteiger partial charge >= 0.3 is 12.1 Å². The molecule has 1 saturated heterocycles. The monoisotopic (exact) mass is 377 g/mol. The van der Waals surface area contributed by atoms with Crippen LogP contribution in [0.15, 0.2) is 30.3 Å². The number of hydrogen-bond acceptors (Lipinski definition) is 6. The van der Waals surface area contributed by atoms with E-state index in [0.29, 0.717) is 6.42 Å². The van der Waals surface area contributed by atoms with Crippen molar-refractivity contribution in [3.05, 3.63) is 35.9 Å². The van der Waals surface area contributed by atoms with Crippen LogP contribution in [0.2, 0.25) is 0 Å². The third-order valence-electron chi connectivity index (χ3n) is 4.80. The molecule has 0 spiro atoms. The van der Waals surface area contributed by atoms with E-state index in [-0.39, 0.29) is 18.9 Å². The molecule has 27 heavy (non-hydrogen) atoms. The summed E-state index contributed by atoms with van der Waals surface area (Å²) in [6, 6.07) is 8.96. The molecule has 0 radical (unpaired) electrons. The van der Waals surface area contributed by atoms with Crippen molar-refractivity contribution >= 4 is 18.0 Å². The lowest BCUT2D eigenvalue weighted by Gasteiger charge is -2.33. The first kappa shape index (κ1) is 20.9. The number of aliphatic hydroxyl groups is 1. The molecule has 1 aromatic carbocycles. The average Bonchev–Trinajstić information content (AvgIpc) is 2.99. The zero-order chi connectivity index (χ0) is 20.2. The van der Waals surface area contributed by atoms with Crippen LogP contribution < -0.4 is 0 Å². The van der Waals surface area contributed by atoms with Crippen molar-refractivity contribution in [3.8, 4) is 0 Å². The molecule has 7 nitrogen and oxygen atoms in total. The van der Waals surface area contributed by atoms with E-state index < -0.39 is 35.5 Å². The van der Waals surface area contributed by atoms with Crippen LogP contribution in [-0.2, 0) is 25.5 Å². The van der Waals surface area contributed by atoms with Crippen LogP contribution in [0.4, 0.5) is 4.79 Å². The van der Waals surface area contributed by atoms with Crippen LogP contribution in [0.25, 0.3) is 0 Å². The van der Waals surface area contributed by atoms with E-state index >= 15 is 0 Å². The minimum Gasteiger partial charge on any atom is -0.467 e. The highest BCUT2D eigenvalue weighted by Gasteiger charge is 2.50. The van der Waals surface area contributed by atoms with Gasteiger partial charge < -0.3 is 14.6 Å². The van der Waals surface area contributed by atoms with Gasteiger partial charge in [-0.2, -0.15) is 0 Å². The molecule has 1 fully saturated rings. The maximum absolute atomic E-state index is 13.2. The largest absolute Gasteiger partial charge is 0.467 e. The zero-order valence-corrected chi connectivity index (χ0v) is 16.2. The molecule has 1 N–H and O–H groups in total. The van der Waals surface area contributed by atoms with Gasteiger partial charge in [0.15, 0.2) is 5.60 Å². The Bertz CT molecular complexity index is 685. The molecular weight excluding hydrogens is 350 g/mol. The van der Waals surface area contributed by atoms with Gasteiger partial charge in [0.05, 0.1) is 19.1 Å². The van der Waals surface area contributed by atoms with Gasteiger partial charge in [-0.3, -0.25) is 4.79 Å². The minimum atomic E-state index is -2.05. The molecule has 1 aliphatic heterocycles. The van der Waals surface area contributed by atoms with Crippen molar-refractivity contribution in [2.75, 3.05) is 13.7 Å². The molecule has 2 rings (SSSR count). The van der Waals surface area contributed by atoms with E-state index in [9.17, 15) is 19.5 Å². The van der Waals surface area contributed by atoms with Gasteiger partial charge in [-0.05, 0) is 31.2 Å². The van der Waals surface area contributed by atoms with Crippen LogP contribution in [0.5, 0.6) is 0 Å². The first-order valence-corrected chi connectivity index (χ1v) is 9.03. The number of carbonyl (C=O) groups excluding carboxylic acids is 3. The number of carbonyl (C=O) groups is 3. The van der Waals surface area contributed by atoms with Crippen molar-refractivity contribution in [1.82, 2.24) is 4.90 Å². The standard InChI is InChI=1S/C20H27NO6/c1-13(2)10-16(20(3,25)18(23)26-4)17(22)21-15(12-27-19(21)24)11-14-8-6-5-7-9-14/h5-9,13,15-16,25H,10-12H2,1-4H3/t15-,16-,20-/m0/s1. The summed E-state index contributed by atoms with van der Waals surface area (Å²) in [6.07, 6.45) is -0.0917. The summed E-state index contributed by atoms with van der Waals surface area (Å²) in [5, 5.41) is 10.7. The molecule has 7 heteroatoms. The Morgan fingerprint density at radius 3 is 2.52 bits per heavy atom. The molecule has 0 saturated carbocycles. The number of ether oxygens (including phenoxy) is 2. The molecule has 1 aromatic rings. The molecule has 2 amide bonds. The Hall–Kier alpha value is -2.41. The van der Waals surface area contributed by atoms with Crippen LogP contribution in [0.1, 0.15) is 32.8 Å². The van der Waals surface area contributed by atoms with Gasteiger partial charge in [0.2, 0.25) is 5.91 Å². The Kier molecular flexibility index (Phi) is 6.59. The Morgan fingerprint density at radius 1 is 1.33 bits per heavy atom. The number of imide groups is 1. The second-order valence-corrected chi connectivity index (χ2v) is 7.45. The maximum atomic E-state index is 13.2. The van der Waals surface area contributed by atoms with Gasteiger partial charge in [0, 0.05) is 0 Å². The number of rotatable bonds is 7. The van der Waals surface area contributed by atoms with E-state index in [1.807, 2.05) is 44.2 Å².